The highest BCUT2D eigenvalue weighted by molar-refractivity contribution is 7.89. The Bertz CT molecular complexity index is 1100. The average molecular weight is 404 g/mol. The van der Waals surface area contributed by atoms with Crippen molar-refractivity contribution >= 4 is 21.1 Å². The summed E-state index contributed by atoms with van der Waals surface area (Å²) in [7, 11) is -3.90. The van der Waals surface area contributed by atoms with Crippen molar-refractivity contribution in [3.05, 3.63) is 78.1 Å². The van der Waals surface area contributed by atoms with E-state index < -0.39 is 26.9 Å². The van der Waals surface area contributed by atoms with Crippen LogP contribution in [0.4, 0.5) is 4.39 Å². The van der Waals surface area contributed by atoms with Gasteiger partial charge in [-0.25, -0.2) is 17.9 Å². The van der Waals surface area contributed by atoms with Gasteiger partial charge in [-0.2, -0.15) is 0 Å². The standard InChI is InChI=1S/C19H16FNO4S2/c20-16-7-5-15(6-8-16)19-11-17(27(21,24)25)9-10-18(19)14-3-1-13(2-4-14)12-26(22)23/h1-11H,12H2,(H,22,23)(H2,21,24,25)/p-1. The van der Waals surface area contributed by atoms with Gasteiger partial charge in [0.25, 0.3) is 0 Å². The molecule has 1 unspecified atom stereocenters. The molecule has 3 rings (SSSR count). The van der Waals surface area contributed by atoms with Gasteiger partial charge < -0.3 is 4.55 Å². The van der Waals surface area contributed by atoms with Gasteiger partial charge >= 0.3 is 0 Å². The fourth-order valence-electron chi connectivity index (χ4n) is 2.74. The zero-order valence-electron chi connectivity index (χ0n) is 14.0. The molecule has 0 bridgehead atoms. The highest BCUT2D eigenvalue weighted by Crippen LogP contribution is 2.34. The number of hydrogen-bond donors (Lipinski definition) is 1. The molecule has 0 spiro atoms. The molecule has 2 N–H and O–H groups in total. The smallest absolute Gasteiger partial charge is 0.238 e. The fourth-order valence-corrected chi connectivity index (χ4v) is 3.74. The molecule has 27 heavy (non-hydrogen) atoms. The molecule has 0 amide bonds. The summed E-state index contributed by atoms with van der Waals surface area (Å²) in [5, 5.41) is 5.24. The van der Waals surface area contributed by atoms with Crippen molar-refractivity contribution in [1.29, 1.82) is 0 Å². The average Bonchev–Trinajstić information content (AvgIpc) is 2.61. The summed E-state index contributed by atoms with van der Waals surface area (Å²) in [4.78, 5) is -0.0519. The number of benzene rings is 3. The molecule has 1 atom stereocenters. The lowest BCUT2D eigenvalue weighted by Gasteiger charge is -2.13. The van der Waals surface area contributed by atoms with E-state index in [1.807, 2.05) is 0 Å². The van der Waals surface area contributed by atoms with Crippen molar-refractivity contribution in [2.24, 2.45) is 5.14 Å². The first-order chi connectivity index (χ1) is 12.7. The number of primary sulfonamides is 1. The van der Waals surface area contributed by atoms with E-state index in [1.54, 1.807) is 42.5 Å². The summed E-state index contributed by atoms with van der Waals surface area (Å²) in [6, 6.07) is 17.0. The van der Waals surface area contributed by atoms with E-state index in [4.69, 9.17) is 5.14 Å². The second-order valence-corrected chi connectivity index (χ2v) is 8.36. The molecule has 0 saturated heterocycles. The quantitative estimate of drug-likeness (QED) is 0.660. The van der Waals surface area contributed by atoms with Gasteiger partial charge in [0.15, 0.2) is 0 Å². The van der Waals surface area contributed by atoms with Gasteiger partial charge in [0.2, 0.25) is 10.0 Å². The van der Waals surface area contributed by atoms with E-state index in [-0.39, 0.29) is 10.6 Å². The lowest BCUT2D eigenvalue weighted by Crippen LogP contribution is -2.12. The van der Waals surface area contributed by atoms with E-state index >= 15 is 0 Å². The normalized spacial score (nSPS) is 12.7. The highest BCUT2D eigenvalue weighted by atomic mass is 32.2. The topological polar surface area (TPSA) is 100 Å². The van der Waals surface area contributed by atoms with Crippen LogP contribution in [0.2, 0.25) is 0 Å². The Hall–Kier alpha value is -2.39. The highest BCUT2D eigenvalue weighted by Gasteiger charge is 2.14. The van der Waals surface area contributed by atoms with Gasteiger partial charge in [-0.1, -0.05) is 53.5 Å². The molecule has 3 aromatic carbocycles. The maximum Gasteiger partial charge on any atom is 0.238 e. The number of nitrogens with two attached hydrogens (primary N) is 1. The van der Waals surface area contributed by atoms with Gasteiger partial charge in [0.1, 0.15) is 5.82 Å². The first kappa shape index (κ1) is 19.4. The molecule has 0 aliphatic rings. The zero-order chi connectivity index (χ0) is 19.6. The van der Waals surface area contributed by atoms with Crippen LogP contribution in [0.15, 0.2) is 71.6 Å². The Morgan fingerprint density at radius 1 is 0.889 bits per heavy atom. The Kier molecular flexibility index (Phi) is 5.52. The lowest BCUT2D eigenvalue weighted by molar-refractivity contribution is 0.536. The van der Waals surface area contributed by atoms with Crippen LogP contribution >= 0.6 is 0 Å². The van der Waals surface area contributed by atoms with E-state index in [0.29, 0.717) is 22.3 Å². The van der Waals surface area contributed by atoms with Crippen molar-refractivity contribution in [3.63, 3.8) is 0 Å². The number of sulfonamides is 1. The molecule has 0 fully saturated rings. The molecule has 0 aromatic heterocycles. The number of halogens is 1. The largest absolute Gasteiger partial charge is 0.772 e. The molecule has 8 heteroatoms. The minimum absolute atomic E-state index is 0.0519. The minimum atomic E-state index is -3.90. The molecule has 0 saturated carbocycles. The maximum atomic E-state index is 13.3. The van der Waals surface area contributed by atoms with Gasteiger partial charge in [-0.05, 0) is 52.1 Å². The van der Waals surface area contributed by atoms with Crippen molar-refractivity contribution in [2.45, 2.75) is 10.6 Å². The Labute approximate surface area is 159 Å². The summed E-state index contributed by atoms with van der Waals surface area (Å²) in [6.45, 7) is 0. The van der Waals surface area contributed by atoms with Crippen LogP contribution in [-0.4, -0.2) is 17.2 Å². The van der Waals surface area contributed by atoms with E-state index in [9.17, 15) is 21.6 Å². The van der Waals surface area contributed by atoms with Crippen molar-refractivity contribution < 1.29 is 21.6 Å². The fraction of sp³-hybridized carbons (Fsp3) is 0.0526. The third-order valence-electron chi connectivity index (χ3n) is 4.02. The van der Waals surface area contributed by atoms with Crippen molar-refractivity contribution in [3.8, 4) is 22.3 Å². The van der Waals surface area contributed by atoms with Crippen LogP contribution in [-0.2, 0) is 26.9 Å². The minimum Gasteiger partial charge on any atom is -0.772 e. The second-order valence-electron chi connectivity index (χ2n) is 5.90. The first-order valence-corrected chi connectivity index (χ1v) is 10.6. The molecule has 0 aliphatic carbocycles. The molecule has 0 aliphatic heterocycles. The van der Waals surface area contributed by atoms with E-state index in [1.165, 1.54) is 24.3 Å². The molecule has 0 radical (unpaired) electrons. The Morgan fingerprint density at radius 2 is 1.44 bits per heavy atom. The van der Waals surface area contributed by atoms with Crippen LogP contribution in [0.3, 0.4) is 0 Å². The van der Waals surface area contributed by atoms with Gasteiger partial charge in [-0.3, -0.25) is 4.21 Å². The summed E-state index contributed by atoms with van der Waals surface area (Å²) < 4.78 is 58.4. The summed E-state index contributed by atoms with van der Waals surface area (Å²) in [6.07, 6.45) is 0. The predicted molar refractivity (Wildman–Crippen MR) is 101 cm³/mol. The number of rotatable bonds is 5. The SMILES string of the molecule is NS(=O)(=O)c1ccc(-c2ccc(CS(=O)[O-])cc2)c(-c2ccc(F)cc2)c1. The monoisotopic (exact) mass is 404 g/mol. The Morgan fingerprint density at radius 3 is 2.00 bits per heavy atom. The summed E-state index contributed by atoms with van der Waals surface area (Å²) in [5.41, 5.74) is 3.31. The number of hydrogen-bond acceptors (Lipinski definition) is 4. The molecular weight excluding hydrogens is 389 g/mol. The van der Waals surface area contributed by atoms with Crippen molar-refractivity contribution in [2.75, 3.05) is 0 Å². The van der Waals surface area contributed by atoms with Crippen LogP contribution in [0, 0.1) is 5.82 Å². The van der Waals surface area contributed by atoms with Crippen LogP contribution in [0.1, 0.15) is 5.56 Å². The molecule has 140 valence electrons. The third kappa shape index (κ3) is 4.67. The first-order valence-electron chi connectivity index (χ1n) is 7.82. The summed E-state index contributed by atoms with van der Waals surface area (Å²) in [5.74, 6) is -0.493. The van der Waals surface area contributed by atoms with E-state index in [0.717, 1.165) is 5.56 Å². The molecule has 5 nitrogen and oxygen atoms in total. The van der Waals surface area contributed by atoms with E-state index in [2.05, 4.69) is 0 Å². The van der Waals surface area contributed by atoms with Crippen LogP contribution < -0.4 is 5.14 Å². The predicted octanol–water partition coefficient (Wildman–Crippen LogP) is 3.19. The second kappa shape index (κ2) is 7.69. The zero-order valence-corrected chi connectivity index (χ0v) is 15.6. The lowest BCUT2D eigenvalue weighted by atomic mass is 9.94. The van der Waals surface area contributed by atoms with Gasteiger partial charge in [0.05, 0.1) is 4.90 Å². The van der Waals surface area contributed by atoms with Crippen LogP contribution in [0.5, 0.6) is 0 Å². The Balaban J connectivity index is 2.14. The third-order valence-corrected chi connectivity index (χ3v) is 5.50. The van der Waals surface area contributed by atoms with Gasteiger partial charge in [0, 0.05) is 5.75 Å². The summed E-state index contributed by atoms with van der Waals surface area (Å²) >= 11 is -2.18. The van der Waals surface area contributed by atoms with Crippen molar-refractivity contribution in [1.82, 2.24) is 0 Å². The molecular formula is C19H15FNO4S2-. The molecule has 3 aromatic rings. The maximum absolute atomic E-state index is 13.3. The van der Waals surface area contributed by atoms with Gasteiger partial charge in [-0.15, -0.1) is 0 Å². The van der Waals surface area contributed by atoms with Crippen LogP contribution in [0.25, 0.3) is 22.3 Å². The molecule has 0 heterocycles.